The molecule has 58 valence electrons. The number of nitrogens with one attached hydrogen (secondary N) is 1. The van der Waals surface area contributed by atoms with Gasteiger partial charge in [0.05, 0.1) is 6.20 Å². The van der Waals surface area contributed by atoms with Crippen molar-refractivity contribution in [3.05, 3.63) is 34.4 Å². The fourth-order valence-electron chi connectivity index (χ4n) is 0.999. The van der Waals surface area contributed by atoms with E-state index in [2.05, 4.69) is 10.1 Å². The van der Waals surface area contributed by atoms with Crippen LogP contribution in [0, 0.1) is 11.3 Å². The van der Waals surface area contributed by atoms with E-state index in [-0.39, 0.29) is 5.56 Å². The molecule has 0 amide bonds. The van der Waals surface area contributed by atoms with E-state index < -0.39 is 0 Å². The molecule has 5 heteroatoms. The molecular weight excluding hydrogens is 156 g/mol. The summed E-state index contributed by atoms with van der Waals surface area (Å²) in [7, 11) is 0. The molecule has 12 heavy (non-hydrogen) atoms. The molecule has 1 N–H and O–H groups in total. The minimum Gasteiger partial charge on any atom is -0.345 e. The second-order valence-corrected chi connectivity index (χ2v) is 2.25. The molecule has 0 atom stereocenters. The lowest BCUT2D eigenvalue weighted by atomic mass is 10.4. The summed E-state index contributed by atoms with van der Waals surface area (Å²) in [5, 5.41) is 12.3. The van der Waals surface area contributed by atoms with Crippen LogP contribution in [0.15, 0.2) is 23.3 Å². The highest BCUT2D eigenvalue weighted by molar-refractivity contribution is 5.52. The lowest BCUT2D eigenvalue weighted by Crippen LogP contribution is -2.12. The zero-order chi connectivity index (χ0) is 8.55. The summed E-state index contributed by atoms with van der Waals surface area (Å²) in [5.41, 5.74) is 0.558. The molecular formula is C7H4N4O. The number of H-pyrrole nitrogens is 1. The highest BCUT2D eigenvalue weighted by Crippen LogP contribution is 2.01. The Bertz CT molecular complexity index is 516. The summed E-state index contributed by atoms with van der Waals surface area (Å²) >= 11 is 0. The first-order valence-corrected chi connectivity index (χ1v) is 3.28. The maximum Gasteiger partial charge on any atom is 0.274 e. The van der Waals surface area contributed by atoms with Gasteiger partial charge in [-0.1, -0.05) is 0 Å². The Morgan fingerprint density at radius 2 is 2.50 bits per heavy atom. The summed E-state index contributed by atoms with van der Waals surface area (Å²) in [6.07, 6.45) is 2.84. The van der Waals surface area contributed by atoms with Gasteiger partial charge in [-0.15, -0.1) is 0 Å². The van der Waals surface area contributed by atoms with E-state index >= 15 is 0 Å². The second-order valence-electron chi connectivity index (χ2n) is 2.25. The summed E-state index contributed by atoms with van der Waals surface area (Å²) in [4.78, 5) is 13.8. The minimum atomic E-state index is -0.245. The standard InChI is InChI=1S/C7H4N4O/c8-3-5-4-10-11-6(12)1-2-9-7(5)11/h1-2,4,9H. The number of fused-ring (bicyclic) bond motifs is 1. The van der Waals surface area contributed by atoms with Crippen LogP contribution in [0.5, 0.6) is 0 Å². The quantitative estimate of drug-likeness (QED) is 0.584. The number of aromatic nitrogens is 3. The molecule has 0 aliphatic rings. The zero-order valence-electron chi connectivity index (χ0n) is 5.98. The molecule has 0 saturated heterocycles. The average Bonchev–Trinajstić information content (AvgIpc) is 2.49. The van der Waals surface area contributed by atoms with E-state index in [1.54, 1.807) is 0 Å². The van der Waals surface area contributed by atoms with Gasteiger partial charge in [-0.2, -0.15) is 14.9 Å². The fraction of sp³-hybridized carbons (Fsp3) is 0. The first kappa shape index (κ1) is 6.61. The van der Waals surface area contributed by atoms with E-state index in [9.17, 15) is 4.79 Å². The van der Waals surface area contributed by atoms with Crippen LogP contribution >= 0.6 is 0 Å². The Morgan fingerprint density at radius 1 is 1.67 bits per heavy atom. The topological polar surface area (TPSA) is 74.0 Å². The summed E-state index contributed by atoms with van der Waals surface area (Å²) in [6.45, 7) is 0. The van der Waals surface area contributed by atoms with Gasteiger partial charge in [-0.3, -0.25) is 4.79 Å². The molecule has 0 spiro atoms. The summed E-state index contributed by atoms with van der Waals surface area (Å²) in [6, 6.07) is 3.27. The van der Waals surface area contributed by atoms with E-state index in [4.69, 9.17) is 5.26 Å². The average molecular weight is 160 g/mol. The van der Waals surface area contributed by atoms with Crippen molar-refractivity contribution >= 4 is 5.65 Å². The lowest BCUT2D eigenvalue weighted by Gasteiger charge is -1.88. The number of aromatic amines is 1. The third kappa shape index (κ3) is 0.720. The van der Waals surface area contributed by atoms with Gasteiger partial charge in [0.15, 0.2) is 5.65 Å². The van der Waals surface area contributed by atoms with E-state index in [0.29, 0.717) is 11.2 Å². The van der Waals surface area contributed by atoms with Crippen LogP contribution in [0.1, 0.15) is 5.56 Å². The van der Waals surface area contributed by atoms with Crippen LogP contribution in [-0.2, 0) is 0 Å². The van der Waals surface area contributed by atoms with Gasteiger partial charge in [0.2, 0.25) is 0 Å². The van der Waals surface area contributed by atoms with Crippen LogP contribution in [-0.4, -0.2) is 14.6 Å². The van der Waals surface area contributed by atoms with Gasteiger partial charge in [0, 0.05) is 12.3 Å². The van der Waals surface area contributed by atoms with Crippen molar-refractivity contribution in [3.8, 4) is 6.07 Å². The van der Waals surface area contributed by atoms with Crippen molar-refractivity contribution in [1.29, 1.82) is 5.26 Å². The number of hydrogen-bond donors (Lipinski definition) is 1. The van der Waals surface area contributed by atoms with Gasteiger partial charge in [-0.25, -0.2) is 0 Å². The second kappa shape index (κ2) is 2.20. The molecule has 0 radical (unpaired) electrons. The van der Waals surface area contributed by atoms with Gasteiger partial charge in [-0.05, 0) is 0 Å². The number of rotatable bonds is 0. The Hall–Kier alpha value is -2.09. The molecule has 0 bridgehead atoms. The van der Waals surface area contributed by atoms with Crippen LogP contribution < -0.4 is 5.56 Å². The normalized spacial score (nSPS) is 9.92. The van der Waals surface area contributed by atoms with E-state index in [1.807, 2.05) is 6.07 Å². The van der Waals surface area contributed by atoms with Gasteiger partial charge in [0.1, 0.15) is 11.6 Å². The highest BCUT2D eigenvalue weighted by atomic mass is 16.1. The number of nitriles is 1. The molecule has 0 saturated carbocycles. The third-order valence-corrected chi connectivity index (χ3v) is 1.54. The monoisotopic (exact) mass is 160 g/mol. The molecule has 2 aromatic heterocycles. The van der Waals surface area contributed by atoms with Crippen LogP contribution in [0.3, 0.4) is 0 Å². The maximum atomic E-state index is 11.1. The van der Waals surface area contributed by atoms with Crippen molar-refractivity contribution in [2.75, 3.05) is 0 Å². The zero-order valence-corrected chi connectivity index (χ0v) is 5.98. The van der Waals surface area contributed by atoms with Gasteiger partial charge >= 0.3 is 0 Å². The Kier molecular flexibility index (Phi) is 1.21. The molecule has 5 nitrogen and oxygen atoms in total. The fourth-order valence-corrected chi connectivity index (χ4v) is 0.999. The Balaban J connectivity index is 3.01. The molecule has 0 fully saturated rings. The predicted octanol–water partition coefficient (Wildman–Crippen LogP) is -0.106. The first-order valence-electron chi connectivity index (χ1n) is 3.28. The first-order chi connectivity index (χ1) is 5.83. The van der Waals surface area contributed by atoms with E-state index in [0.717, 1.165) is 4.52 Å². The van der Waals surface area contributed by atoms with Crippen molar-refractivity contribution in [2.24, 2.45) is 0 Å². The van der Waals surface area contributed by atoms with Crippen molar-refractivity contribution in [2.45, 2.75) is 0 Å². The summed E-state index contributed by atoms with van der Waals surface area (Å²) < 4.78 is 1.15. The molecule has 0 aliphatic heterocycles. The highest BCUT2D eigenvalue weighted by Gasteiger charge is 2.03. The van der Waals surface area contributed by atoms with Gasteiger partial charge in [0.25, 0.3) is 5.56 Å². The van der Waals surface area contributed by atoms with E-state index in [1.165, 1.54) is 18.5 Å². The lowest BCUT2D eigenvalue weighted by molar-refractivity contribution is 0.899. The van der Waals surface area contributed by atoms with Crippen LogP contribution in [0.4, 0.5) is 0 Å². The molecule has 0 aliphatic carbocycles. The third-order valence-electron chi connectivity index (χ3n) is 1.54. The van der Waals surface area contributed by atoms with Crippen molar-refractivity contribution in [1.82, 2.24) is 14.6 Å². The Labute approximate surface area is 66.9 Å². The maximum absolute atomic E-state index is 11.1. The smallest absolute Gasteiger partial charge is 0.274 e. The number of nitrogens with zero attached hydrogens (tertiary/aromatic N) is 3. The van der Waals surface area contributed by atoms with Crippen molar-refractivity contribution in [3.63, 3.8) is 0 Å². The summed E-state index contributed by atoms with van der Waals surface area (Å²) in [5.74, 6) is 0. The molecule has 2 heterocycles. The minimum absolute atomic E-state index is 0.245. The van der Waals surface area contributed by atoms with Crippen LogP contribution in [0.25, 0.3) is 5.65 Å². The van der Waals surface area contributed by atoms with Crippen molar-refractivity contribution < 1.29 is 0 Å². The Morgan fingerprint density at radius 3 is 3.25 bits per heavy atom. The molecule has 2 rings (SSSR count). The van der Waals surface area contributed by atoms with Crippen LogP contribution in [0.2, 0.25) is 0 Å². The predicted molar refractivity (Wildman–Crippen MR) is 40.5 cm³/mol. The SMILES string of the molecule is N#Cc1cnn2c(=O)cc[nH]c12. The number of hydrogen-bond acceptors (Lipinski definition) is 3. The molecule has 0 unspecified atom stereocenters. The van der Waals surface area contributed by atoms with Gasteiger partial charge < -0.3 is 4.98 Å². The molecule has 2 aromatic rings. The molecule has 0 aromatic carbocycles. The largest absolute Gasteiger partial charge is 0.345 e.